The normalized spacial score (nSPS) is 21.7. The van der Waals surface area contributed by atoms with Crippen LogP contribution in [0, 0.1) is 5.41 Å². The molecule has 2 aliphatic heterocycles. The van der Waals surface area contributed by atoms with Crippen LogP contribution in [0.1, 0.15) is 31.0 Å². The molecular weight excluding hydrogens is 330 g/mol. The predicted molar refractivity (Wildman–Crippen MR) is 100 cm³/mol. The van der Waals surface area contributed by atoms with Crippen molar-refractivity contribution < 1.29 is 9.47 Å². The molecule has 26 heavy (non-hydrogen) atoms. The molecule has 1 aromatic carbocycles. The van der Waals surface area contributed by atoms with Gasteiger partial charge in [0.05, 0.1) is 30.2 Å². The molecular formula is C19H23N5O2. The van der Waals surface area contributed by atoms with Crippen LogP contribution in [0.25, 0.3) is 0 Å². The first-order chi connectivity index (χ1) is 12.6. The predicted octanol–water partition coefficient (Wildman–Crippen LogP) is 2.24. The SMILES string of the molecule is CCOc1ccc(N)c(C(=N)c2cc(N3CC4CCC(C3)O4)ncn2)c1. The number of fused-ring (bicyclic) bond motifs is 2. The van der Waals surface area contributed by atoms with Crippen LogP contribution in [0.2, 0.25) is 0 Å². The molecule has 2 aliphatic rings. The Morgan fingerprint density at radius 1 is 1.27 bits per heavy atom. The molecule has 0 aliphatic carbocycles. The lowest BCUT2D eigenvalue weighted by Crippen LogP contribution is -2.43. The van der Waals surface area contributed by atoms with Gasteiger partial charge in [0.2, 0.25) is 0 Å². The Morgan fingerprint density at radius 2 is 2.04 bits per heavy atom. The second kappa shape index (κ2) is 6.92. The third-order valence-corrected chi connectivity index (χ3v) is 4.88. The Bertz CT molecular complexity index is 813. The Balaban J connectivity index is 1.60. The summed E-state index contributed by atoms with van der Waals surface area (Å²) < 4.78 is 11.4. The molecule has 2 bridgehead atoms. The van der Waals surface area contributed by atoms with Crippen molar-refractivity contribution in [3.8, 4) is 5.75 Å². The fourth-order valence-corrected chi connectivity index (χ4v) is 3.60. The summed E-state index contributed by atoms with van der Waals surface area (Å²) in [4.78, 5) is 10.9. The van der Waals surface area contributed by atoms with E-state index in [0.717, 1.165) is 31.7 Å². The summed E-state index contributed by atoms with van der Waals surface area (Å²) in [7, 11) is 0. The summed E-state index contributed by atoms with van der Waals surface area (Å²) in [5, 5.41) is 8.57. The van der Waals surface area contributed by atoms with Crippen molar-refractivity contribution in [2.75, 3.05) is 30.3 Å². The van der Waals surface area contributed by atoms with Crippen molar-refractivity contribution in [1.82, 2.24) is 9.97 Å². The van der Waals surface area contributed by atoms with Gasteiger partial charge in [0, 0.05) is 30.4 Å². The maximum atomic E-state index is 8.57. The van der Waals surface area contributed by atoms with Crippen LogP contribution < -0.4 is 15.4 Å². The first kappa shape index (κ1) is 16.8. The molecule has 0 radical (unpaired) electrons. The zero-order chi connectivity index (χ0) is 18.1. The first-order valence-electron chi connectivity index (χ1n) is 8.98. The maximum Gasteiger partial charge on any atom is 0.132 e. The number of nitrogens with two attached hydrogens (primary N) is 1. The van der Waals surface area contributed by atoms with E-state index in [0.29, 0.717) is 29.3 Å². The van der Waals surface area contributed by atoms with E-state index in [1.165, 1.54) is 6.33 Å². The highest BCUT2D eigenvalue weighted by Crippen LogP contribution is 2.29. The number of anilines is 2. The largest absolute Gasteiger partial charge is 0.494 e. The van der Waals surface area contributed by atoms with Gasteiger partial charge in [-0.2, -0.15) is 0 Å². The molecule has 2 unspecified atom stereocenters. The van der Waals surface area contributed by atoms with Crippen molar-refractivity contribution >= 4 is 17.2 Å². The summed E-state index contributed by atoms with van der Waals surface area (Å²) in [6.45, 7) is 4.16. The number of nitrogen functional groups attached to an aromatic ring is 1. The molecule has 7 heteroatoms. The van der Waals surface area contributed by atoms with Gasteiger partial charge in [0.15, 0.2) is 0 Å². The minimum absolute atomic E-state index is 0.268. The van der Waals surface area contributed by atoms with Crippen molar-refractivity contribution in [3.63, 3.8) is 0 Å². The van der Waals surface area contributed by atoms with E-state index >= 15 is 0 Å². The van der Waals surface area contributed by atoms with E-state index in [9.17, 15) is 0 Å². The van der Waals surface area contributed by atoms with Gasteiger partial charge in [-0.15, -0.1) is 0 Å². The monoisotopic (exact) mass is 353 g/mol. The topological polar surface area (TPSA) is 97.4 Å². The lowest BCUT2D eigenvalue weighted by atomic mass is 10.0. The van der Waals surface area contributed by atoms with E-state index in [-0.39, 0.29) is 17.9 Å². The van der Waals surface area contributed by atoms with Crippen LogP contribution in [0.3, 0.4) is 0 Å². The van der Waals surface area contributed by atoms with Gasteiger partial charge < -0.3 is 20.1 Å². The zero-order valence-corrected chi connectivity index (χ0v) is 14.8. The number of morpholine rings is 1. The van der Waals surface area contributed by atoms with Crippen molar-refractivity contribution in [2.24, 2.45) is 0 Å². The molecule has 0 amide bonds. The first-order valence-corrected chi connectivity index (χ1v) is 8.98. The lowest BCUT2D eigenvalue weighted by Gasteiger charge is -2.33. The van der Waals surface area contributed by atoms with Gasteiger partial charge >= 0.3 is 0 Å². The minimum atomic E-state index is 0.268. The average Bonchev–Trinajstić information content (AvgIpc) is 3.01. The zero-order valence-electron chi connectivity index (χ0n) is 14.8. The number of nitrogens with zero attached hydrogens (tertiary/aromatic N) is 3. The highest BCUT2D eigenvalue weighted by atomic mass is 16.5. The van der Waals surface area contributed by atoms with Crippen molar-refractivity contribution in [2.45, 2.75) is 32.0 Å². The molecule has 2 aromatic rings. The number of hydrogen-bond donors (Lipinski definition) is 2. The number of nitrogens with one attached hydrogen (secondary N) is 1. The Kier molecular flexibility index (Phi) is 4.46. The van der Waals surface area contributed by atoms with Crippen LogP contribution in [-0.2, 0) is 4.74 Å². The second-order valence-electron chi connectivity index (χ2n) is 6.68. The molecule has 0 saturated carbocycles. The van der Waals surface area contributed by atoms with E-state index in [1.54, 1.807) is 12.1 Å². The third-order valence-electron chi connectivity index (χ3n) is 4.88. The van der Waals surface area contributed by atoms with Crippen molar-refractivity contribution in [1.29, 1.82) is 5.41 Å². The molecule has 3 heterocycles. The number of rotatable bonds is 5. The highest BCUT2D eigenvalue weighted by Gasteiger charge is 2.34. The van der Waals surface area contributed by atoms with Crippen molar-refractivity contribution in [3.05, 3.63) is 41.9 Å². The fraction of sp³-hybridized carbons (Fsp3) is 0.421. The molecule has 136 valence electrons. The van der Waals surface area contributed by atoms with Gasteiger partial charge in [0.1, 0.15) is 17.9 Å². The molecule has 4 rings (SSSR count). The Morgan fingerprint density at radius 3 is 2.77 bits per heavy atom. The lowest BCUT2D eigenvalue weighted by molar-refractivity contribution is 0.0302. The van der Waals surface area contributed by atoms with Gasteiger partial charge in [-0.3, -0.25) is 5.41 Å². The van der Waals surface area contributed by atoms with E-state index in [1.807, 2.05) is 19.1 Å². The molecule has 2 saturated heterocycles. The minimum Gasteiger partial charge on any atom is -0.494 e. The molecule has 0 spiro atoms. The van der Waals surface area contributed by atoms with E-state index in [2.05, 4.69) is 14.9 Å². The molecule has 2 atom stereocenters. The van der Waals surface area contributed by atoms with Crippen LogP contribution in [-0.4, -0.2) is 47.6 Å². The summed E-state index contributed by atoms with van der Waals surface area (Å²) in [5.41, 5.74) is 8.04. The number of benzene rings is 1. The van der Waals surface area contributed by atoms with Crippen LogP contribution in [0.5, 0.6) is 5.75 Å². The average molecular weight is 353 g/mol. The summed E-state index contributed by atoms with van der Waals surface area (Å²) in [6, 6.07) is 7.22. The molecule has 7 nitrogen and oxygen atoms in total. The number of ether oxygens (including phenoxy) is 2. The smallest absolute Gasteiger partial charge is 0.132 e. The van der Waals surface area contributed by atoms with Crippen LogP contribution in [0.15, 0.2) is 30.6 Å². The van der Waals surface area contributed by atoms with Crippen LogP contribution >= 0.6 is 0 Å². The van der Waals surface area contributed by atoms with Gasteiger partial charge in [-0.05, 0) is 38.0 Å². The number of aromatic nitrogens is 2. The van der Waals surface area contributed by atoms with E-state index in [4.69, 9.17) is 20.6 Å². The maximum absolute atomic E-state index is 8.57. The number of hydrogen-bond acceptors (Lipinski definition) is 7. The fourth-order valence-electron chi connectivity index (χ4n) is 3.60. The van der Waals surface area contributed by atoms with Gasteiger partial charge in [-0.25, -0.2) is 9.97 Å². The summed E-state index contributed by atoms with van der Waals surface area (Å²) in [6.07, 6.45) is 4.29. The quantitative estimate of drug-likeness (QED) is 0.632. The van der Waals surface area contributed by atoms with Gasteiger partial charge in [-0.1, -0.05) is 0 Å². The standard InChI is InChI=1S/C19H23N5O2/c1-2-25-12-5-6-16(20)15(7-12)19(21)17-8-18(23-11-22-17)24-9-13-3-4-14(10-24)26-13/h5-8,11,13-14,21H,2-4,9-10,20H2,1H3. The Labute approximate surface area is 152 Å². The van der Waals surface area contributed by atoms with E-state index < -0.39 is 0 Å². The van der Waals surface area contributed by atoms with Gasteiger partial charge in [0.25, 0.3) is 0 Å². The highest BCUT2D eigenvalue weighted by molar-refractivity contribution is 6.13. The summed E-state index contributed by atoms with van der Waals surface area (Å²) in [5.74, 6) is 1.53. The molecule has 3 N–H and O–H groups in total. The Hall–Kier alpha value is -2.67. The second-order valence-corrected chi connectivity index (χ2v) is 6.68. The molecule has 2 fully saturated rings. The third kappa shape index (κ3) is 3.22. The summed E-state index contributed by atoms with van der Waals surface area (Å²) >= 11 is 0. The molecule has 1 aromatic heterocycles. The van der Waals surface area contributed by atoms with Crippen LogP contribution in [0.4, 0.5) is 11.5 Å².